The van der Waals surface area contributed by atoms with E-state index >= 15 is 0 Å². The molecule has 5 nitrogen and oxygen atoms in total. The standard InChI is InChI=1S/C11H14ClN5S/c1-7(2)3-10-16-11(18-17-10)15-5-8-4-14-9(12)6-13-8/h4,6-7H,3,5H2,1-2H3,(H,15,16,17). The smallest absolute Gasteiger partial charge is 0.202 e. The number of halogens is 1. The zero-order valence-corrected chi connectivity index (χ0v) is 11.8. The minimum absolute atomic E-state index is 0.397. The molecule has 2 heterocycles. The van der Waals surface area contributed by atoms with Crippen molar-refractivity contribution >= 4 is 28.3 Å². The zero-order chi connectivity index (χ0) is 13.0. The summed E-state index contributed by atoms with van der Waals surface area (Å²) in [5.41, 5.74) is 0.819. The lowest BCUT2D eigenvalue weighted by atomic mass is 10.1. The summed E-state index contributed by atoms with van der Waals surface area (Å²) in [5.74, 6) is 1.45. The predicted molar refractivity (Wildman–Crippen MR) is 72.8 cm³/mol. The van der Waals surface area contributed by atoms with E-state index in [1.165, 1.54) is 17.7 Å². The van der Waals surface area contributed by atoms with Gasteiger partial charge in [-0.1, -0.05) is 25.4 Å². The van der Waals surface area contributed by atoms with Crippen LogP contribution in [0, 0.1) is 5.92 Å². The highest BCUT2D eigenvalue weighted by atomic mass is 35.5. The van der Waals surface area contributed by atoms with Gasteiger partial charge in [0.15, 0.2) is 0 Å². The van der Waals surface area contributed by atoms with Gasteiger partial charge in [-0.05, 0) is 5.92 Å². The van der Waals surface area contributed by atoms with Crippen LogP contribution in [-0.2, 0) is 13.0 Å². The van der Waals surface area contributed by atoms with Crippen molar-refractivity contribution in [2.45, 2.75) is 26.8 Å². The Labute approximate surface area is 115 Å². The van der Waals surface area contributed by atoms with Crippen molar-refractivity contribution in [3.63, 3.8) is 0 Å². The van der Waals surface area contributed by atoms with Crippen molar-refractivity contribution in [3.05, 3.63) is 29.1 Å². The summed E-state index contributed by atoms with van der Waals surface area (Å²) in [5, 5.41) is 4.38. The molecule has 18 heavy (non-hydrogen) atoms. The van der Waals surface area contributed by atoms with Crippen LogP contribution in [0.2, 0.25) is 5.15 Å². The first-order chi connectivity index (χ1) is 8.63. The Morgan fingerprint density at radius 1 is 1.33 bits per heavy atom. The molecule has 2 aromatic heterocycles. The first kappa shape index (κ1) is 13.2. The lowest BCUT2D eigenvalue weighted by molar-refractivity contribution is 0.627. The van der Waals surface area contributed by atoms with Crippen molar-refractivity contribution in [2.75, 3.05) is 5.32 Å². The van der Waals surface area contributed by atoms with E-state index in [0.717, 1.165) is 23.1 Å². The average Bonchev–Trinajstić information content (AvgIpc) is 2.75. The third-order valence-corrected chi connectivity index (χ3v) is 3.06. The van der Waals surface area contributed by atoms with Gasteiger partial charge < -0.3 is 5.32 Å². The molecule has 0 aliphatic carbocycles. The number of nitrogens with one attached hydrogen (secondary N) is 1. The molecule has 0 radical (unpaired) electrons. The molecular weight excluding hydrogens is 270 g/mol. The van der Waals surface area contributed by atoms with E-state index in [1.807, 2.05) is 0 Å². The Morgan fingerprint density at radius 2 is 2.17 bits per heavy atom. The highest BCUT2D eigenvalue weighted by Gasteiger charge is 2.06. The Morgan fingerprint density at radius 3 is 2.83 bits per heavy atom. The lowest BCUT2D eigenvalue weighted by Crippen LogP contribution is -2.02. The second-order valence-corrected chi connectivity index (χ2v) is 5.44. The van der Waals surface area contributed by atoms with Crippen LogP contribution in [0.25, 0.3) is 0 Å². The van der Waals surface area contributed by atoms with Crippen molar-refractivity contribution < 1.29 is 0 Å². The zero-order valence-electron chi connectivity index (χ0n) is 10.2. The molecule has 0 amide bonds. The molecule has 0 saturated carbocycles. The topological polar surface area (TPSA) is 63.6 Å². The number of hydrogen-bond acceptors (Lipinski definition) is 6. The molecule has 0 atom stereocenters. The quantitative estimate of drug-likeness (QED) is 0.914. The molecule has 0 saturated heterocycles. The molecule has 0 aliphatic heterocycles. The van der Waals surface area contributed by atoms with Gasteiger partial charge in [0.25, 0.3) is 0 Å². The summed E-state index contributed by atoms with van der Waals surface area (Å²) in [7, 11) is 0. The Bertz CT molecular complexity index is 496. The first-order valence-electron chi connectivity index (χ1n) is 5.66. The molecule has 2 rings (SSSR count). The first-order valence-corrected chi connectivity index (χ1v) is 6.81. The fourth-order valence-corrected chi connectivity index (χ4v) is 2.06. The fraction of sp³-hybridized carbons (Fsp3) is 0.455. The van der Waals surface area contributed by atoms with Crippen LogP contribution >= 0.6 is 23.1 Å². The van der Waals surface area contributed by atoms with Gasteiger partial charge >= 0.3 is 0 Å². The van der Waals surface area contributed by atoms with Gasteiger partial charge in [0.2, 0.25) is 5.13 Å². The van der Waals surface area contributed by atoms with Crippen LogP contribution in [0.4, 0.5) is 5.13 Å². The summed E-state index contributed by atoms with van der Waals surface area (Å²) in [4.78, 5) is 12.5. The molecule has 0 aromatic carbocycles. The fourth-order valence-electron chi connectivity index (χ4n) is 1.37. The van der Waals surface area contributed by atoms with Gasteiger partial charge in [0.05, 0.1) is 24.6 Å². The molecule has 7 heteroatoms. The van der Waals surface area contributed by atoms with E-state index in [1.54, 1.807) is 6.20 Å². The average molecular weight is 284 g/mol. The van der Waals surface area contributed by atoms with E-state index in [9.17, 15) is 0 Å². The summed E-state index contributed by atoms with van der Waals surface area (Å²) in [6.45, 7) is 4.87. The van der Waals surface area contributed by atoms with Gasteiger partial charge in [-0.2, -0.15) is 4.37 Å². The largest absolute Gasteiger partial charge is 0.355 e. The maximum atomic E-state index is 5.67. The van der Waals surface area contributed by atoms with Crippen molar-refractivity contribution in [1.29, 1.82) is 0 Å². The molecule has 0 spiro atoms. The summed E-state index contributed by atoms with van der Waals surface area (Å²) < 4.78 is 4.29. The predicted octanol–water partition coefficient (Wildman–Crippen LogP) is 2.79. The van der Waals surface area contributed by atoms with Gasteiger partial charge in [-0.3, -0.25) is 4.98 Å². The Balaban J connectivity index is 1.90. The molecule has 2 aromatic rings. The van der Waals surface area contributed by atoms with E-state index in [0.29, 0.717) is 17.6 Å². The minimum Gasteiger partial charge on any atom is -0.355 e. The minimum atomic E-state index is 0.397. The SMILES string of the molecule is CC(C)Cc1nsc(NCc2cnc(Cl)cn2)n1. The van der Waals surface area contributed by atoms with E-state index < -0.39 is 0 Å². The van der Waals surface area contributed by atoms with Gasteiger partial charge in [0.1, 0.15) is 11.0 Å². The van der Waals surface area contributed by atoms with Gasteiger partial charge in [-0.15, -0.1) is 0 Å². The van der Waals surface area contributed by atoms with Crippen LogP contribution in [0.5, 0.6) is 0 Å². The van der Waals surface area contributed by atoms with E-state index in [-0.39, 0.29) is 0 Å². The number of anilines is 1. The van der Waals surface area contributed by atoms with Crippen LogP contribution in [0.3, 0.4) is 0 Å². The van der Waals surface area contributed by atoms with Crippen LogP contribution in [0.15, 0.2) is 12.4 Å². The van der Waals surface area contributed by atoms with E-state index in [4.69, 9.17) is 11.6 Å². The normalized spacial score (nSPS) is 10.9. The maximum Gasteiger partial charge on any atom is 0.202 e. The summed E-state index contributed by atoms with van der Waals surface area (Å²) >= 11 is 7.03. The number of rotatable bonds is 5. The van der Waals surface area contributed by atoms with Crippen molar-refractivity contribution in [2.24, 2.45) is 5.92 Å². The molecular formula is C11H14ClN5S. The van der Waals surface area contributed by atoms with Gasteiger partial charge in [0, 0.05) is 18.0 Å². The maximum absolute atomic E-state index is 5.67. The molecule has 1 N–H and O–H groups in total. The Hall–Kier alpha value is -1.27. The third kappa shape index (κ3) is 3.89. The van der Waals surface area contributed by atoms with Crippen LogP contribution < -0.4 is 5.32 Å². The highest BCUT2D eigenvalue weighted by Crippen LogP contribution is 2.14. The summed E-state index contributed by atoms with van der Waals surface area (Å²) in [6.07, 6.45) is 4.08. The van der Waals surface area contributed by atoms with Crippen LogP contribution in [0.1, 0.15) is 25.4 Å². The lowest BCUT2D eigenvalue weighted by Gasteiger charge is -2.01. The number of hydrogen-bond donors (Lipinski definition) is 1. The highest BCUT2D eigenvalue weighted by molar-refractivity contribution is 7.09. The molecule has 0 bridgehead atoms. The number of nitrogens with zero attached hydrogens (tertiary/aromatic N) is 4. The van der Waals surface area contributed by atoms with Crippen molar-refractivity contribution in [1.82, 2.24) is 19.3 Å². The number of aromatic nitrogens is 4. The Kier molecular flexibility index (Phi) is 4.43. The van der Waals surface area contributed by atoms with Crippen molar-refractivity contribution in [3.8, 4) is 0 Å². The van der Waals surface area contributed by atoms with Gasteiger partial charge in [-0.25, -0.2) is 9.97 Å². The molecule has 0 fully saturated rings. The third-order valence-electron chi connectivity index (χ3n) is 2.15. The molecule has 96 valence electrons. The van der Waals surface area contributed by atoms with E-state index in [2.05, 4.69) is 38.5 Å². The second kappa shape index (κ2) is 6.06. The monoisotopic (exact) mass is 283 g/mol. The molecule has 0 aliphatic rings. The second-order valence-electron chi connectivity index (χ2n) is 4.30. The summed E-state index contributed by atoms with van der Waals surface area (Å²) in [6, 6.07) is 0. The molecule has 0 unspecified atom stereocenters. The van der Waals surface area contributed by atoms with Crippen LogP contribution in [-0.4, -0.2) is 19.3 Å².